The molecule has 0 heterocycles. The van der Waals surface area contributed by atoms with Gasteiger partial charge in [-0.1, -0.05) is 37.0 Å². The quantitative estimate of drug-likeness (QED) is 0.435. The Bertz CT molecular complexity index is 187. The number of rotatable bonds is 6. The van der Waals surface area contributed by atoms with Crippen molar-refractivity contribution in [3.8, 4) is 0 Å². The highest BCUT2D eigenvalue weighted by atomic mass is 16.1. The van der Waals surface area contributed by atoms with Crippen LogP contribution in [0.1, 0.15) is 26.2 Å². The molecule has 0 aliphatic heterocycles. The molecule has 0 spiro atoms. The third-order valence-corrected chi connectivity index (χ3v) is 1.39. The molecule has 0 aliphatic carbocycles. The molecule has 0 amide bonds. The molecule has 0 aliphatic rings. The smallest absolute Gasteiger partial charge is 0.129 e. The zero-order valence-electron chi connectivity index (χ0n) is 7.62. The Morgan fingerprint density at radius 1 is 1.33 bits per heavy atom. The molecule has 1 nitrogen and oxygen atoms in total. The standard InChI is InChI=1S/C11H16O/c1-3-4-5-6-7-8-9-10-11(2)12/h3-7H,1,8-10H2,2H3/b5-4+,7-6+. The summed E-state index contributed by atoms with van der Waals surface area (Å²) in [6, 6.07) is 0. The molecule has 0 aromatic heterocycles. The second-order valence-corrected chi connectivity index (χ2v) is 2.64. The van der Waals surface area contributed by atoms with E-state index in [1.807, 2.05) is 18.2 Å². The maximum atomic E-state index is 10.5. The van der Waals surface area contributed by atoms with Crippen molar-refractivity contribution in [3.05, 3.63) is 37.0 Å². The molecule has 0 atom stereocenters. The highest BCUT2D eigenvalue weighted by Crippen LogP contribution is 1.97. The van der Waals surface area contributed by atoms with Gasteiger partial charge in [0.15, 0.2) is 0 Å². The summed E-state index contributed by atoms with van der Waals surface area (Å²) in [4.78, 5) is 10.5. The summed E-state index contributed by atoms with van der Waals surface area (Å²) in [5.74, 6) is 0.269. The fourth-order valence-corrected chi connectivity index (χ4v) is 0.786. The minimum atomic E-state index is 0.269. The summed E-state index contributed by atoms with van der Waals surface area (Å²) in [7, 11) is 0. The number of Topliss-reactive ketones (excluding diaryl/α,β-unsaturated/α-hetero) is 1. The molecule has 0 N–H and O–H groups in total. The van der Waals surface area contributed by atoms with E-state index in [2.05, 4.69) is 12.7 Å². The fourth-order valence-electron chi connectivity index (χ4n) is 0.786. The molecule has 66 valence electrons. The van der Waals surface area contributed by atoms with Crippen LogP contribution in [-0.2, 0) is 4.79 Å². The molecule has 0 aromatic carbocycles. The molecule has 0 radical (unpaired) electrons. The Kier molecular flexibility index (Phi) is 7.25. The predicted octanol–water partition coefficient (Wildman–Crippen LogP) is 3.04. The van der Waals surface area contributed by atoms with Crippen LogP contribution in [0.25, 0.3) is 0 Å². The molecule has 1 heteroatoms. The first kappa shape index (κ1) is 10.9. The van der Waals surface area contributed by atoms with Gasteiger partial charge in [-0.05, 0) is 19.8 Å². The Labute approximate surface area is 74.5 Å². The monoisotopic (exact) mass is 164 g/mol. The lowest BCUT2D eigenvalue weighted by Crippen LogP contribution is -1.87. The average molecular weight is 164 g/mol. The third kappa shape index (κ3) is 8.89. The van der Waals surface area contributed by atoms with Crippen molar-refractivity contribution in [1.82, 2.24) is 0 Å². The highest BCUT2D eigenvalue weighted by molar-refractivity contribution is 5.75. The van der Waals surface area contributed by atoms with E-state index in [0.29, 0.717) is 6.42 Å². The number of carbonyl (C=O) groups is 1. The normalized spacial score (nSPS) is 11.1. The summed E-state index contributed by atoms with van der Waals surface area (Å²) in [5, 5.41) is 0. The number of hydrogen-bond donors (Lipinski definition) is 0. The Morgan fingerprint density at radius 2 is 2.08 bits per heavy atom. The van der Waals surface area contributed by atoms with Crippen LogP contribution in [0.4, 0.5) is 0 Å². The van der Waals surface area contributed by atoms with Crippen LogP contribution >= 0.6 is 0 Å². The molecule has 0 saturated carbocycles. The van der Waals surface area contributed by atoms with Crippen LogP contribution < -0.4 is 0 Å². The fraction of sp³-hybridized carbons (Fsp3) is 0.364. The van der Waals surface area contributed by atoms with Gasteiger partial charge in [-0.3, -0.25) is 0 Å². The first-order chi connectivity index (χ1) is 5.77. The van der Waals surface area contributed by atoms with E-state index in [9.17, 15) is 4.79 Å². The van der Waals surface area contributed by atoms with Crippen molar-refractivity contribution < 1.29 is 4.79 Å². The van der Waals surface area contributed by atoms with Gasteiger partial charge < -0.3 is 4.79 Å². The lowest BCUT2D eigenvalue weighted by molar-refractivity contribution is -0.117. The number of unbranched alkanes of at least 4 members (excludes halogenated alkanes) is 1. The first-order valence-corrected chi connectivity index (χ1v) is 4.21. The summed E-state index contributed by atoms with van der Waals surface area (Å²) >= 11 is 0. The van der Waals surface area contributed by atoms with Crippen LogP contribution in [0, 0.1) is 0 Å². The second kappa shape index (κ2) is 7.99. The lowest BCUT2D eigenvalue weighted by Gasteiger charge is -1.89. The van der Waals surface area contributed by atoms with Crippen LogP contribution in [-0.4, -0.2) is 5.78 Å². The van der Waals surface area contributed by atoms with Crippen LogP contribution in [0.15, 0.2) is 37.0 Å². The van der Waals surface area contributed by atoms with Gasteiger partial charge in [-0.15, -0.1) is 0 Å². The summed E-state index contributed by atoms with van der Waals surface area (Å²) < 4.78 is 0. The van der Waals surface area contributed by atoms with Gasteiger partial charge in [0.1, 0.15) is 5.78 Å². The molecular weight excluding hydrogens is 148 g/mol. The molecule has 0 rings (SSSR count). The van der Waals surface area contributed by atoms with Crippen LogP contribution in [0.5, 0.6) is 0 Å². The van der Waals surface area contributed by atoms with Crippen molar-refractivity contribution in [2.75, 3.05) is 0 Å². The molecular formula is C11H16O. The molecule has 0 aromatic rings. The minimum Gasteiger partial charge on any atom is -0.300 e. The number of ketones is 1. The Morgan fingerprint density at radius 3 is 2.67 bits per heavy atom. The first-order valence-electron chi connectivity index (χ1n) is 4.21. The van der Waals surface area contributed by atoms with Crippen molar-refractivity contribution in [2.45, 2.75) is 26.2 Å². The lowest BCUT2D eigenvalue weighted by atomic mass is 10.2. The van der Waals surface area contributed by atoms with Gasteiger partial charge in [-0.25, -0.2) is 0 Å². The van der Waals surface area contributed by atoms with Gasteiger partial charge in [0.05, 0.1) is 0 Å². The average Bonchev–Trinajstić information content (AvgIpc) is 2.02. The molecule has 0 unspecified atom stereocenters. The van der Waals surface area contributed by atoms with Gasteiger partial charge in [-0.2, -0.15) is 0 Å². The van der Waals surface area contributed by atoms with Crippen LogP contribution in [0.2, 0.25) is 0 Å². The Hall–Kier alpha value is -1.11. The second-order valence-electron chi connectivity index (χ2n) is 2.64. The zero-order chi connectivity index (χ0) is 9.23. The van der Waals surface area contributed by atoms with Gasteiger partial charge in [0.2, 0.25) is 0 Å². The topological polar surface area (TPSA) is 17.1 Å². The van der Waals surface area contributed by atoms with E-state index in [4.69, 9.17) is 0 Å². The third-order valence-electron chi connectivity index (χ3n) is 1.39. The van der Waals surface area contributed by atoms with E-state index in [1.54, 1.807) is 13.0 Å². The van der Waals surface area contributed by atoms with E-state index < -0.39 is 0 Å². The molecule has 0 bridgehead atoms. The molecule has 0 fully saturated rings. The van der Waals surface area contributed by atoms with Crippen molar-refractivity contribution >= 4 is 5.78 Å². The molecule has 12 heavy (non-hydrogen) atoms. The zero-order valence-corrected chi connectivity index (χ0v) is 7.62. The maximum absolute atomic E-state index is 10.5. The Balaban J connectivity index is 3.30. The van der Waals surface area contributed by atoms with Crippen LogP contribution in [0.3, 0.4) is 0 Å². The van der Waals surface area contributed by atoms with Gasteiger partial charge in [0, 0.05) is 6.42 Å². The van der Waals surface area contributed by atoms with Crippen molar-refractivity contribution in [2.24, 2.45) is 0 Å². The predicted molar refractivity (Wildman–Crippen MR) is 53.0 cm³/mol. The van der Waals surface area contributed by atoms with E-state index in [-0.39, 0.29) is 5.78 Å². The largest absolute Gasteiger partial charge is 0.300 e. The molecule has 0 saturated heterocycles. The summed E-state index contributed by atoms with van der Waals surface area (Å²) in [6.45, 7) is 5.18. The van der Waals surface area contributed by atoms with E-state index >= 15 is 0 Å². The number of allylic oxidation sites excluding steroid dienone is 5. The maximum Gasteiger partial charge on any atom is 0.129 e. The number of hydrogen-bond acceptors (Lipinski definition) is 1. The highest BCUT2D eigenvalue weighted by Gasteiger charge is 1.89. The SMILES string of the molecule is C=C/C=C/C=C/CCCC(C)=O. The van der Waals surface area contributed by atoms with Crippen molar-refractivity contribution in [1.29, 1.82) is 0 Å². The van der Waals surface area contributed by atoms with Gasteiger partial charge in [0.25, 0.3) is 0 Å². The minimum absolute atomic E-state index is 0.269. The van der Waals surface area contributed by atoms with E-state index in [1.165, 1.54) is 0 Å². The summed E-state index contributed by atoms with van der Waals surface area (Å²) in [6.07, 6.45) is 12.2. The van der Waals surface area contributed by atoms with Crippen molar-refractivity contribution in [3.63, 3.8) is 0 Å². The number of carbonyl (C=O) groups excluding carboxylic acids is 1. The van der Waals surface area contributed by atoms with E-state index in [0.717, 1.165) is 12.8 Å². The van der Waals surface area contributed by atoms with Gasteiger partial charge >= 0.3 is 0 Å². The summed E-state index contributed by atoms with van der Waals surface area (Å²) in [5.41, 5.74) is 0.